The molecular weight excluding hydrogens is 252 g/mol. The highest BCUT2D eigenvalue weighted by atomic mass is 16.5. The molecule has 0 saturated heterocycles. The molecule has 0 aliphatic heterocycles. The van der Waals surface area contributed by atoms with Crippen LogP contribution in [-0.4, -0.2) is 18.9 Å². The molecule has 0 fully saturated rings. The monoisotopic (exact) mass is 282 g/mol. The van der Waals surface area contributed by atoms with Crippen molar-refractivity contribution in [2.75, 3.05) is 7.11 Å². The normalized spacial score (nSPS) is 10.9. The van der Waals surface area contributed by atoms with E-state index in [1.54, 1.807) is 0 Å². The first kappa shape index (κ1) is 18.9. The van der Waals surface area contributed by atoms with Crippen LogP contribution >= 0.6 is 0 Å². The smallest absolute Gasteiger partial charge is 0.374 e. The molecule has 0 saturated carbocycles. The minimum absolute atomic E-state index is 0.319. The summed E-state index contributed by atoms with van der Waals surface area (Å²) in [5.74, 6) is -1.12. The Kier molecular flexibility index (Phi) is 13.5. The lowest BCUT2D eigenvalue weighted by atomic mass is 10.1. The molecule has 0 amide bonds. The fraction of sp³-hybridized carbons (Fsp3) is 0.765. The van der Waals surface area contributed by atoms with Crippen LogP contribution in [0.5, 0.6) is 0 Å². The van der Waals surface area contributed by atoms with Crippen molar-refractivity contribution in [3.05, 3.63) is 12.2 Å². The zero-order chi connectivity index (χ0) is 15.1. The van der Waals surface area contributed by atoms with Crippen LogP contribution in [-0.2, 0) is 14.3 Å². The Morgan fingerprint density at radius 2 is 1.40 bits per heavy atom. The van der Waals surface area contributed by atoms with Crippen molar-refractivity contribution in [2.24, 2.45) is 0 Å². The van der Waals surface area contributed by atoms with E-state index in [1.807, 2.05) is 0 Å². The Morgan fingerprint density at radius 1 is 0.850 bits per heavy atom. The van der Waals surface area contributed by atoms with E-state index in [-0.39, 0.29) is 0 Å². The Balaban J connectivity index is 3.26. The van der Waals surface area contributed by atoms with E-state index in [4.69, 9.17) is 0 Å². The number of esters is 1. The van der Waals surface area contributed by atoms with Gasteiger partial charge in [-0.05, 0) is 32.1 Å². The van der Waals surface area contributed by atoms with E-state index in [9.17, 15) is 9.59 Å². The SMILES string of the molecule is CCCCCC/C=C/CCCCCCC(=O)C(=O)OC. The summed E-state index contributed by atoms with van der Waals surface area (Å²) in [5.41, 5.74) is 0. The van der Waals surface area contributed by atoms with Gasteiger partial charge in [0.2, 0.25) is 5.78 Å². The summed E-state index contributed by atoms with van der Waals surface area (Å²) < 4.78 is 4.37. The minimum atomic E-state index is -0.712. The van der Waals surface area contributed by atoms with Gasteiger partial charge in [-0.15, -0.1) is 0 Å². The maximum atomic E-state index is 11.2. The Bertz CT molecular complexity index is 282. The first-order valence-corrected chi connectivity index (χ1v) is 7.98. The van der Waals surface area contributed by atoms with Crippen molar-refractivity contribution in [3.8, 4) is 0 Å². The number of unbranched alkanes of at least 4 members (excludes halogenated alkanes) is 8. The number of carbonyl (C=O) groups is 2. The van der Waals surface area contributed by atoms with Gasteiger partial charge >= 0.3 is 5.97 Å². The van der Waals surface area contributed by atoms with Gasteiger partial charge in [0, 0.05) is 6.42 Å². The number of carbonyl (C=O) groups excluding carboxylic acids is 2. The van der Waals surface area contributed by atoms with Crippen molar-refractivity contribution in [1.82, 2.24) is 0 Å². The molecule has 0 aromatic rings. The summed E-state index contributed by atoms with van der Waals surface area (Å²) in [6.07, 6.45) is 16.6. The first-order valence-electron chi connectivity index (χ1n) is 7.98. The quantitative estimate of drug-likeness (QED) is 0.215. The van der Waals surface area contributed by atoms with Crippen LogP contribution in [0.15, 0.2) is 12.2 Å². The van der Waals surface area contributed by atoms with E-state index in [1.165, 1.54) is 39.2 Å². The highest BCUT2D eigenvalue weighted by Gasteiger charge is 2.12. The van der Waals surface area contributed by atoms with Gasteiger partial charge < -0.3 is 4.74 Å². The van der Waals surface area contributed by atoms with Gasteiger partial charge in [0.1, 0.15) is 0 Å². The Hall–Kier alpha value is -1.12. The van der Waals surface area contributed by atoms with E-state index >= 15 is 0 Å². The molecule has 0 heterocycles. The molecule has 0 rings (SSSR count). The van der Waals surface area contributed by atoms with Crippen molar-refractivity contribution in [2.45, 2.75) is 77.6 Å². The lowest BCUT2D eigenvalue weighted by Gasteiger charge is -1.99. The number of allylic oxidation sites excluding steroid dienone is 2. The Labute approximate surface area is 123 Å². The van der Waals surface area contributed by atoms with Crippen LogP contribution in [0.4, 0.5) is 0 Å². The van der Waals surface area contributed by atoms with Gasteiger partial charge in [0.25, 0.3) is 0 Å². The minimum Gasteiger partial charge on any atom is -0.463 e. The number of methoxy groups -OCH3 is 1. The maximum Gasteiger partial charge on any atom is 0.374 e. The number of hydrogen-bond acceptors (Lipinski definition) is 3. The van der Waals surface area contributed by atoms with Crippen molar-refractivity contribution >= 4 is 11.8 Å². The molecule has 0 unspecified atom stereocenters. The maximum absolute atomic E-state index is 11.2. The van der Waals surface area contributed by atoms with Crippen LogP contribution in [0.1, 0.15) is 77.6 Å². The van der Waals surface area contributed by atoms with Crippen molar-refractivity contribution in [3.63, 3.8) is 0 Å². The second-order valence-electron chi connectivity index (χ2n) is 5.19. The van der Waals surface area contributed by atoms with Crippen LogP contribution in [0, 0.1) is 0 Å². The summed E-state index contributed by atoms with van der Waals surface area (Å²) in [5, 5.41) is 0. The largest absolute Gasteiger partial charge is 0.463 e. The highest BCUT2D eigenvalue weighted by Crippen LogP contribution is 2.08. The first-order chi connectivity index (χ1) is 9.72. The lowest BCUT2D eigenvalue weighted by molar-refractivity contribution is -0.151. The predicted molar refractivity (Wildman–Crippen MR) is 82.6 cm³/mol. The molecule has 0 aliphatic rings. The fourth-order valence-electron chi connectivity index (χ4n) is 2.04. The molecule has 0 aromatic carbocycles. The Morgan fingerprint density at radius 3 is 1.95 bits per heavy atom. The summed E-state index contributed by atoms with van der Waals surface area (Å²) >= 11 is 0. The molecule has 3 nitrogen and oxygen atoms in total. The molecule has 116 valence electrons. The van der Waals surface area contributed by atoms with Gasteiger partial charge in [-0.3, -0.25) is 4.79 Å². The molecule has 3 heteroatoms. The van der Waals surface area contributed by atoms with Gasteiger partial charge in [-0.1, -0.05) is 51.2 Å². The predicted octanol–water partition coefficient (Wildman–Crippen LogP) is 4.60. The van der Waals surface area contributed by atoms with Gasteiger partial charge in [-0.25, -0.2) is 4.79 Å². The molecule has 20 heavy (non-hydrogen) atoms. The van der Waals surface area contributed by atoms with Gasteiger partial charge in [-0.2, -0.15) is 0 Å². The number of ketones is 1. The van der Waals surface area contributed by atoms with Crippen LogP contribution < -0.4 is 0 Å². The summed E-state index contributed by atoms with van der Waals surface area (Å²) in [7, 11) is 1.24. The number of hydrogen-bond donors (Lipinski definition) is 0. The molecule has 0 atom stereocenters. The highest BCUT2D eigenvalue weighted by molar-refractivity contribution is 6.33. The average Bonchev–Trinajstić information content (AvgIpc) is 2.47. The van der Waals surface area contributed by atoms with E-state index < -0.39 is 11.8 Å². The average molecular weight is 282 g/mol. The van der Waals surface area contributed by atoms with Gasteiger partial charge in [0.15, 0.2) is 0 Å². The third-order valence-electron chi connectivity index (χ3n) is 3.33. The zero-order valence-corrected chi connectivity index (χ0v) is 13.2. The zero-order valence-electron chi connectivity index (χ0n) is 13.2. The molecule has 0 aliphatic carbocycles. The van der Waals surface area contributed by atoms with Crippen LogP contribution in [0.2, 0.25) is 0 Å². The van der Waals surface area contributed by atoms with E-state index in [0.717, 1.165) is 32.1 Å². The van der Waals surface area contributed by atoms with Crippen molar-refractivity contribution < 1.29 is 14.3 Å². The molecule has 0 spiro atoms. The molecule has 0 bridgehead atoms. The summed E-state index contributed by atoms with van der Waals surface area (Å²) in [6.45, 7) is 2.23. The standard InChI is InChI=1S/C17H30O3/c1-3-4-5-6-7-8-9-10-11-12-13-14-15-16(18)17(19)20-2/h8-9H,3-7,10-15H2,1-2H3/b9-8+. The number of ether oxygens (including phenoxy) is 1. The molecular formula is C17H30O3. The third-order valence-corrected chi connectivity index (χ3v) is 3.33. The van der Waals surface area contributed by atoms with Crippen LogP contribution in [0.3, 0.4) is 0 Å². The van der Waals surface area contributed by atoms with Crippen molar-refractivity contribution in [1.29, 1.82) is 0 Å². The number of Topliss-reactive ketones (excluding diaryl/α,β-unsaturated/α-hetero) is 1. The molecule has 0 N–H and O–H groups in total. The fourth-order valence-corrected chi connectivity index (χ4v) is 2.04. The number of rotatable bonds is 13. The van der Waals surface area contributed by atoms with Gasteiger partial charge in [0.05, 0.1) is 7.11 Å². The molecule has 0 radical (unpaired) electrons. The molecule has 0 aromatic heterocycles. The van der Waals surface area contributed by atoms with E-state index in [0.29, 0.717) is 6.42 Å². The van der Waals surface area contributed by atoms with Crippen LogP contribution in [0.25, 0.3) is 0 Å². The van der Waals surface area contributed by atoms with E-state index in [2.05, 4.69) is 23.8 Å². The third kappa shape index (κ3) is 11.9. The topological polar surface area (TPSA) is 43.4 Å². The lowest BCUT2D eigenvalue weighted by Crippen LogP contribution is -2.14. The summed E-state index contributed by atoms with van der Waals surface area (Å²) in [4.78, 5) is 22.0. The summed E-state index contributed by atoms with van der Waals surface area (Å²) in [6, 6.07) is 0. The second kappa shape index (κ2) is 14.3. The second-order valence-corrected chi connectivity index (χ2v) is 5.19.